The van der Waals surface area contributed by atoms with Crippen molar-refractivity contribution in [1.82, 2.24) is 10.6 Å². The Morgan fingerprint density at radius 1 is 1.58 bits per heavy atom. The van der Waals surface area contributed by atoms with Gasteiger partial charge in [-0.15, -0.1) is 4.99 Å². The number of hydrogen-bond acceptors (Lipinski definition) is 2. The first kappa shape index (κ1) is 13.6. The lowest BCUT2D eigenvalue weighted by Crippen LogP contribution is -2.39. The van der Waals surface area contributed by atoms with Crippen LogP contribution in [0.2, 0.25) is 5.02 Å². The Balaban J connectivity index is 2.13. The molecule has 1 atom stereocenters. The summed E-state index contributed by atoms with van der Waals surface area (Å²) in [6.45, 7) is -0.399. The van der Waals surface area contributed by atoms with Crippen LogP contribution in [0.3, 0.4) is 0 Å². The highest BCUT2D eigenvalue weighted by Gasteiger charge is 2.25. The summed E-state index contributed by atoms with van der Waals surface area (Å²) in [4.78, 5) is 3.62. The Labute approximate surface area is 116 Å². The molecule has 1 aromatic rings. The van der Waals surface area contributed by atoms with E-state index < -0.39 is 6.67 Å². The average molecular weight is 281 g/mol. The van der Waals surface area contributed by atoms with Crippen LogP contribution in [-0.2, 0) is 6.42 Å². The van der Waals surface area contributed by atoms with E-state index >= 15 is 0 Å². The minimum atomic E-state index is -0.520. The lowest BCUT2D eigenvalue weighted by atomic mass is 10.1. The number of rotatable bonds is 3. The fraction of sp³-hybridized carbons (Fsp3) is 0.385. The standard InChI is InChI=1S/C13H14ClFN4/c14-10-3-1-2-9-4-5-11(12(9)10)19-13(18-8-16)17-7-6-15/h1-3,11H,4-7H2,(H2,17,18,19). The van der Waals surface area contributed by atoms with Crippen LogP contribution in [0.1, 0.15) is 23.6 Å². The summed E-state index contributed by atoms with van der Waals surface area (Å²) >= 11 is 6.20. The first-order valence-electron chi connectivity index (χ1n) is 6.06. The number of nitriles is 1. The van der Waals surface area contributed by atoms with Crippen molar-refractivity contribution in [2.45, 2.75) is 18.9 Å². The third kappa shape index (κ3) is 3.15. The van der Waals surface area contributed by atoms with Crippen LogP contribution in [0.15, 0.2) is 23.2 Å². The van der Waals surface area contributed by atoms with Crippen molar-refractivity contribution >= 4 is 17.6 Å². The summed E-state index contributed by atoms with van der Waals surface area (Å²) in [6, 6.07) is 5.81. The number of guanidine groups is 1. The summed E-state index contributed by atoms with van der Waals surface area (Å²) in [5.74, 6) is 0.290. The molecule has 0 saturated heterocycles. The van der Waals surface area contributed by atoms with Gasteiger partial charge in [0.15, 0.2) is 0 Å². The molecule has 19 heavy (non-hydrogen) atoms. The van der Waals surface area contributed by atoms with Gasteiger partial charge in [0.25, 0.3) is 0 Å². The second-order valence-electron chi connectivity index (χ2n) is 4.22. The van der Waals surface area contributed by atoms with Crippen LogP contribution in [0.4, 0.5) is 4.39 Å². The van der Waals surface area contributed by atoms with Gasteiger partial charge in [-0.05, 0) is 30.0 Å². The largest absolute Gasteiger partial charge is 0.353 e. The van der Waals surface area contributed by atoms with Crippen molar-refractivity contribution in [3.05, 3.63) is 34.3 Å². The Morgan fingerprint density at radius 3 is 3.16 bits per heavy atom. The second kappa shape index (κ2) is 6.39. The molecule has 0 amide bonds. The molecule has 100 valence electrons. The van der Waals surface area contributed by atoms with Gasteiger partial charge in [-0.2, -0.15) is 5.26 Å². The maximum Gasteiger partial charge on any atom is 0.209 e. The number of alkyl halides is 1. The van der Waals surface area contributed by atoms with Crippen LogP contribution in [-0.4, -0.2) is 19.2 Å². The van der Waals surface area contributed by atoms with Gasteiger partial charge < -0.3 is 10.6 Å². The first-order valence-corrected chi connectivity index (χ1v) is 6.44. The van der Waals surface area contributed by atoms with E-state index in [0.29, 0.717) is 5.02 Å². The highest BCUT2D eigenvalue weighted by Crippen LogP contribution is 2.36. The molecule has 1 unspecified atom stereocenters. The molecule has 0 aliphatic heterocycles. The molecular weight excluding hydrogens is 267 g/mol. The fourth-order valence-corrected chi connectivity index (χ4v) is 2.61. The van der Waals surface area contributed by atoms with Crippen molar-refractivity contribution in [1.29, 1.82) is 5.26 Å². The first-order chi connectivity index (χ1) is 9.26. The normalized spacial score (nSPS) is 17.7. The molecule has 0 bridgehead atoms. The highest BCUT2D eigenvalue weighted by molar-refractivity contribution is 6.31. The Morgan fingerprint density at radius 2 is 2.42 bits per heavy atom. The van der Waals surface area contributed by atoms with Crippen molar-refractivity contribution in [3.63, 3.8) is 0 Å². The smallest absolute Gasteiger partial charge is 0.209 e. The molecule has 2 rings (SSSR count). The lowest BCUT2D eigenvalue weighted by molar-refractivity contribution is 0.487. The topological polar surface area (TPSA) is 60.2 Å². The molecule has 1 aliphatic carbocycles. The Hall–Kier alpha value is -1.80. The zero-order valence-electron chi connectivity index (χ0n) is 10.3. The van der Waals surface area contributed by atoms with Gasteiger partial charge in [0.2, 0.25) is 12.2 Å². The van der Waals surface area contributed by atoms with E-state index in [1.807, 2.05) is 18.2 Å². The van der Waals surface area contributed by atoms with E-state index in [2.05, 4.69) is 15.6 Å². The summed E-state index contributed by atoms with van der Waals surface area (Å²) < 4.78 is 12.2. The van der Waals surface area contributed by atoms with Gasteiger partial charge in [-0.25, -0.2) is 4.39 Å². The molecule has 0 fully saturated rings. The van der Waals surface area contributed by atoms with Crippen molar-refractivity contribution in [3.8, 4) is 6.19 Å². The summed E-state index contributed by atoms with van der Waals surface area (Å²) in [6.07, 6.45) is 3.50. The van der Waals surface area contributed by atoms with E-state index in [0.717, 1.165) is 18.4 Å². The van der Waals surface area contributed by atoms with E-state index in [1.54, 1.807) is 6.19 Å². The zero-order valence-corrected chi connectivity index (χ0v) is 11.0. The Kier molecular flexibility index (Phi) is 4.58. The number of halogens is 2. The van der Waals surface area contributed by atoms with E-state index in [4.69, 9.17) is 16.9 Å². The van der Waals surface area contributed by atoms with Crippen LogP contribution in [0.25, 0.3) is 0 Å². The number of aliphatic imine (C=N–C) groups is 1. The molecule has 6 heteroatoms. The maximum atomic E-state index is 12.2. The van der Waals surface area contributed by atoms with Crippen LogP contribution >= 0.6 is 11.6 Å². The second-order valence-corrected chi connectivity index (χ2v) is 4.63. The summed E-state index contributed by atoms with van der Waals surface area (Å²) in [7, 11) is 0. The lowest BCUT2D eigenvalue weighted by Gasteiger charge is -2.18. The van der Waals surface area contributed by atoms with E-state index in [1.165, 1.54) is 5.56 Å². The third-order valence-corrected chi connectivity index (χ3v) is 3.38. The summed E-state index contributed by atoms with van der Waals surface area (Å²) in [5, 5.41) is 15.2. The fourth-order valence-electron chi connectivity index (χ4n) is 2.28. The van der Waals surface area contributed by atoms with Gasteiger partial charge in [0.1, 0.15) is 6.67 Å². The molecule has 0 spiro atoms. The van der Waals surface area contributed by atoms with E-state index in [9.17, 15) is 4.39 Å². The molecule has 1 aliphatic rings. The van der Waals surface area contributed by atoms with Crippen LogP contribution in [0, 0.1) is 11.5 Å². The number of hydrogen-bond donors (Lipinski definition) is 2. The summed E-state index contributed by atoms with van der Waals surface area (Å²) in [5.41, 5.74) is 2.24. The monoisotopic (exact) mass is 280 g/mol. The molecule has 0 saturated carbocycles. The molecule has 0 radical (unpaired) electrons. The van der Waals surface area contributed by atoms with Gasteiger partial charge in [-0.3, -0.25) is 0 Å². The van der Waals surface area contributed by atoms with Gasteiger partial charge in [0.05, 0.1) is 6.04 Å². The minimum absolute atomic E-state index is 0.00270. The predicted molar refractivity (Wildman–Crippen MR) is 72.7 cm³/mol. The van der Waals surface area contributed by atoms with Gasteiger partial charge in [0, 0.05) is 11.6 Å². The molecular formula is C13H14ClFN4. The number of nitrogens with one attached hydrogen (secondary N) is 2. The zero-order chi connectivity index (χ0) is 13.7. The van der Waals surface area contributed by atoms with Crippen molar-refractivity contribution < 1.29 is 4.39 Å². The van der Waals surface area contributed by atoms with Crippen molar-refractivity contribution in [2.75, 3.05) is 13.2 Å². The predicted octanol–water partition coefficient (Wildman–Crippen LogP) is 2.31. The van der Waals surface area contributed by atoms with E-state index in [-0.39, 0.29) is 18.5 Å². The SMILES string of the molecule is N#C/N=C(\NCCF)NC1CCc2cccc(Cl)c21. The van der Waals surface area contributed by atoms with Gasteiger partial charge in [-0.1, -0.05) is 23.7 Å². The quantitative estimate of drug-likeness (QED) is 0.507. The number of fused-ring (bicyclic) bond motifs is 1. The molecule has 0 heterocycles. The highest BCUT2D eigenvalue weighted by atomic mass is 35.5. The molecule has 4 nitrogen and oxygen atoms in total. The van der Waals surface area contributed by atoms with Crippen LogP contribution in [0.5, 0.6) is 0 Å². The maximum absolute atomic E-state index is 12.2. The van der Waals surface area contributed by atoms with Gasteiger partial charge >= 0.3 is 0 Å². The molecule has 2 N–H and O–H groups in total. The van der Waals surface area contributed by atoms with Crippen LogP contribution < -0.4 is 10.6 Å². The molecule has 1 aromatic carbocycles. The number of aryl methyl sites for hydroxylation is 1. The van der Waals surface area contributed by atoms with Crippen molar-refractivity contribution in [2.24, 2.45) is 4.99 Å². The average Bonchev–Trinajstić information content (AvgIpc) is 2.81. The molecule has 0 aromatic heterocycles. The number of benzene rings is 1. The number of nitrogens with zero attached hydrogens (tertiary/aromatic N) is 2. The Bertz CT molecular complexity index is 524. The third-order valence-electron chi connectivity index (χ3n) is 3.05. The minimum Gasteiger partial charge on any atom is -0.353 e.